The highest BCUT2D eigenvalue weighted by Crippen LogP contribution is 2.27. The highest BCUT2D eigenvalue weighted by molar-refractivity contribution is 7.98. The van der Waals surface area contributed by atoms with E-state index in [2.05, 4.69) is 32.6 Å². The lowest BCUT2D eigenvalue weighted by atomic mass is 10.1. The molecule has 192 valence electrons. The topological polar surface area (TPSA) is 95.1 Å². The number of rotatable bonds is 10. The van der Waals surface area contributed by atoms with Gasteiger partial charge in [0.25, 0.3) is 5.91 Å². The maximum absolute atomic E-state index is 12.7. The molecule has 1 atom stereocenters. The van der Waals surface area contributed by atoms with Crippen molar-refractivity contribution in [3.05, 3.63) is 120 Å². The maximum atomic E-state index is 12.7. The molecule has 0 radical (unpaired) electrons. The smallest absolute Gasteiger partial charge is 0.273 e. The van der Waals surface area contributed by atoms with Gasteiger partial charge in [0.05, 0.1) is 18.9 Å². The molecule has 0 saturated heterocycles. The number of aromatic nitrogens is 4. The molecule has 2 heterocycles. The number of carbonyl (C=O) groups is 1. The average Bonchev–Trinajstić information content (AvgIpc) is 3.60. The molecule has 0 aliphatic heterocycles. The van der Waals surface area contributed by atoms with Crippen molar-refractivity contribution in [1.82, 2.24) is 25.1 Å². The van der Waals surface area contributed by atoms with Crippen molar-refractivity contribution in [3.63, 3.8) is 0 Å². The summed E-state index contributed by atoms with van der Waals surface area (Å²) in [7, 11) is 1.64. The molecule has 0 bridgehead atoms. The van der Waals surface area contributed by atoms with Crippen LogP contribution in [0.3, 0.4) is 0 Å². The summed E-state index contributed by atoms with van der Waals surface area (Å²) < 4.78 is 12.9. The normalized spacial score (nSPS) is 11.7. The Morgan fingerprint density at radius 2 is 1.71 bits per heavy atom. The fourth-order valence-electron chi connectivity index (χ4n) is 3.98. The highest BCUT2D eigenvalue weighted by atomic mass is 32.2. The van der Waals surface area contributed by atoms with Gasteiger partial charge >= 0.3 is 0 Å². The Morgan fingerprint density at radius 3 is 2.42 bits per heavy atom. The van der Waals surface area contributed by atoms with Crippen LogP contribution in [0, 0.1) is 0 Å². The van der Waals surface area contributed by atoms with Crippen LogP contribution in [0.25, 0.3) is 5.69 Å². The van der Waals surface area contributed by atoms with Crippen molar-refractivity contribution in [3.8, 4) is 11.4 Å². The molecule has 0 fully saturated rings. The molecule has 5 rings (SSSR count). The molecule has 2 aromatic heterocycles. The number of nitrogens with zero attached hydrogens (tertiary/aromatic N) is 4. The van der Waals surface area contributed by atoms with Crippen LogP contribution in [0.5, 0.6) is 5.75 Å². The van der Waals surface area contributed by atoms with E-state index in [1.807, 2.05) is 84.3 Å². The zero-order valence-corrected chi connectivity index (χ0v) is 21.9. The van der Waals surface area contributed by atoms with Crippen molar-refractivity contribution in [2.24, 2.45) is 0 Å². The second kappa shape index (κ2) is 11.8. The number of oxazole rings is 1. The summed E-state index contributed by atoms with van der Waals surface area (Å²) >= 11 is 1.44. The Kier molecular flexibility index (Phi) is 7.84. The highest BCUT2D eigenvalue weighted by Gasteiger charge is 2.19. The van der Waals surface area contributed by atoms with Gasteiger partial charge in [-0.15, -0.1) is 10.2 Å². The van der Waals surface area contributed by atoms with Crippen molar-refractivity contribution in [2.45, 2.75) is 30.3 Å². The van der Waals surface area contributed by atoms with E-state index in [9.17, 15) is 4.79 Å². The third kappa shape index (κ3) is 5.95. The summed E-state index contributed by atoms with van der Waals surface area (Å²) in [5, 5.41) is 12.6. The number of nitrogens with one attached hydrogen (secondary N) is 1. The first-order chi connectivity index (χ1) is 18.6. The summed E-state index contributed by atoms with van der Waals surface area (Å²) in [4.78, 5) is 17.1. The standard InChI is InChI=1S/C29H27N5O3S/c1-20(22-11-7-4-8-12-22)30-28(35)25-18-37-27(31-25)19-38-29-33-32-26(17-21-9-5-3-6-10-21)34(29)23-13-15-24(36-2)16-14-23/h3-16,18,20H,17,19H2,1-2H3,(H,30,35). The van der Waals surface area contributed by atoms with E-state index in [0.717, 1.165) is 28.4 Å². The first-order valence-corrected chi connectivity index (χ1v) is 13.1. The molecule has 1 N–H and O–H groups in total. The van der Waals surface area contributed by atoms with Gasteiger partial charge in [0, 0.05) is 12.1 Å². The van der Waals surface area contributed by atoms with Gasteiger partial charge in [0.15, 0.2) is 10.9 Å². The van der Waals surface area contributed by atoms with Crippen LogP contribution in [0.2, 0.25) is 0 Å². The zero-order chi connectivity index (χ0) is 26.3. The quantitative estimate of drug-likeness (QED) is 0.236. The number of hydrogen-bond donors (Lipinski definition) is 1. The second-order valence-corrected chi connectivity index (χ2v) is 9.56. The fraction of sp³-hybridized carbons (Fsp3) is 0.172. The summed E-state index contributed by atoms with van der Waals surface area (Å²) in [6, 6.07) is 27.5. The average molecular weight is 526 g/mol. The van der Waals surface area contributed by atoms with Crippen LogP contribution < -0.4 is 10.1 Å². The molecule has 0 aliphatic rings. The lowest BCUT2D eigenvalue weighted by molar-refractivity contribution is 0.0934. The van der Waals surface area contributed by atoms with E-state index in [1.54, 1.807) is 7.11 Å². The minimum atomic E-state index is -0.284. The molecule has 9 heteroatoms. The molecule has 8 nitrogen and oxygen atoms in total. The summed E-state index contributed by atoms with van der Waals surface area (Å²) in [6.45, 7) is 1.93. The van der Waals surface area contributed by atoms with Crippen LogP contribution in [0.15, 0.2) is 101 Å². The predicted molar refractivity (Wildman–Crippen MR) is 146 cm³/mol. The lowest BCUT2D eigenvalue weighted by Crippen LogP contribution is -2.26. The zero-order valence-electron chi connectivity index (χ0n) is 21.1. The Bertz CT molecular complexity index is 1480. The van der Waals surface area contributed by atoms with E-state index >= 15 is 0 Å². The lowest BCUT2D eigenvalue weighted by Gasteiger charge is -2.12. The maximum Gasteiger partial charge on any atom is 0.273 e. The van der Waals surface area contributed by atoms with E-state index in [1.165, 1.54) is 18.0 Å². The Balaban J connectivity index is 1.31. The number of methoxy groups -OCH3 is 1. The van der Waals surface area contributed by atoms with E-state index in [-0.39, 0.29) is 17.6 Å². The van der Waals surface area contributed by atoms with Crippen molar-refractivity contribution in [1.29, 1.82) is 0 Å². The number of thioether (sulfide) groups is 1. The Morgan fingerprint density at radius 1 is 1.00 bits per heavy atom. The third-order valence-corrected chi connectivity index (χ3v) is 6.91. The van der Waals surface area contributed by atoms with Gasteiger partial charge in [-0.05, 0) is 42.3 Å². The van der Waals surface area contributed by atoms with Crippen LogP contribution in [-0.4, -0.2) is 32.8 Å². The first-order valence-electron chi connectivity index (χ1n) is 12.2. The van der Waals surface area contributed by atoms with Crippen molar-refractivity contribution in [2.75, 3.05) is 7.11 Å². The van der Waals surface area contributed by atoms with E-state index in [0.29, 0.717) is 23.2 Å². The third-order valence-electron chi connectivity index (χ3n) is 5.99. The molecular formula is C29H27N5O3S. The van der Waals surface area contributed by atoms with Gasteiger partial charge in [-0.1, -0.05) is 72.4 Å². The fourth-order valence-corrected chi connectivity index (χ4v) is 4.80. The number of amides is 1. The minimum Gasteiger partial charge on any atom is -0.497 e. The first kappa shape index (κ1) is 25.3. The van der Waals surface area contributed by atoms with Crippen LogP contribution in [-0.2, 0) is 12.2 Å². The molecule has 0 spiro atoms. The minimum absolute atomic E-state index is 0.149. The molecule has 1 unspecified atom stereocenters. The molecule has 0 aliphatic carbocycles. The largest absolute Gasteiger partial charge is 0.497 e. The van der Waals surface area contributed by atoms with Crippen molar-refractivity contribution >= 4 is 17.7 Å². The van der Waals surface area contributed by atoms with E-state index < -0.39 is 0 Å². The van der Waals surface area contributed by atoms with Crippen LogP contribution >= 0.6 is 11.8 Å². The molecule has 0 saturated carbocycles. The van der Waals surface area contributed by atoms with Gasteiger partial charge in [-0.2, -0.15) is 0 Å². The molecule has 1 amide bonds. The summed E-state index contributed by atoms with van der Waals surface area (Å²) in [5.41, 5.74) is 3.32. The molecule has 5 aromatic rings. The van der Waals surface area contributed by atoms with Gasteiger partial charge < -0.3 is 14.5 Å². The van der Waals surface area contributed by atoms with Crippen LogP contribution in [0.4, 0.5) is 0 Å². The SMILES string of the molecule is COc1ccc(-n2c(Cc3ccccc3)nnc2SCc2nc(C(=O)NC(C)c3ccccc3)co2)cc1. The summed E-state index contributed by atoms with van der Waals surface area (Å²) in [6.07, 6.45) is 2.02. The number of hydrogen-bond acceptors (Lipinski definition) is 7. The van der Waals surface area contributed by atoms with E-state index in [4.69, 9.17) is 9.15 Å². The second-order valence-electron chi connectivity index (χ2n) is 8.62. The van der Waals surface area contributed by atoms with Gasteiger partial charge in [0.1, 0.15) is 17.8 Å². The molecule has 3 aromatic carbocycles. The number of ether oxygens (including phenoxy) is 1. The number of benzene rings is 3. The Hall–Kier alpha value is -4.37. The van der Waals surface area contributed by atoms with Gasteiger partial charge in [-0.3, -0.25) is 9.36 Å². The van der Waals surface area contributed by atoms with Gasteiger partial charge in [0.2, 0.25) is 5.89 Å². The van der Waals surface area contributed by atoms with Crippen LogP contribution in [0.1, 0.15) is 46.3 Å². The molecule has 38 heavy (non-hydrogen) atoms. The Labute approximate surface area is 225 Å². The number of carbonyl (C=O) groups excluding carboxylic acids is 1. The molecular weight excluding hydrogens is 498 g/mol. The summed E-state index contributed by atoms with van der Waals surface area (Å²) in [5.74, 6) is 2.12. The predicted octanol–water partition coefficient (Wildman–Crippen LogP) is 5.64. The monoisotopic (exact) mass is 525 g/mol. The van der Waals surface area contributed by atoms with Crippen molar-refractivity contribution < 1.29 is 13.9 Å². The van der Waals surface area contributed by atoms with Gasteiger partial charge in [-0.25, -0.2) is 4.98 Å².